The third kappa shape index (κ3) is 5.17. The molecule has 0 aliphatic rings. The Morgan fingerprint density at radius 3 is 2.95 bits per heavy atom. The van der Waals surface area contributed by atoms with Crippen LogP contribution in [0.25, 0.3) is 0 Å². The highest BCUT2D eigenvalue weighted by Gasteiger charge is 2.07. The van der Waals surface area contributed by atoms with Crippen LogP contribution in [0.2, 0.25) is 0 Å². The van der Waals surface area contributed by atoms with Crippen molar-refractivity contribution in [2.45, 2.75) is 26.4 Å². The molecule has 1 aromatic carbocycles. The van der Waals surface area contributed by atoms with Gasteiger partial charge >= 0.3 is 0 Å². The van der Waals surface area contributed by atoms with Crippen molar-refractivity contribution in [2.75, 3.05) is 19.7 Å². The topological polar surface area (TPSA) is 80.4 Å². The number of rotatable bonds is 8. The summed E-state index contributed by atoms with van der Waals surface area (Å²) >= 11 is 0. The Balaban J connectivity index is 1.64. The number of aromatic nitrogens is 2. The Hall–Kier alpha value is -1.92. The lowest BCUT2D eigenvalue weighted by Gasteiger charge is -2.14. The number of aliphatic hydroxyl groups excluding tert-OH is 1. The molecule has 2 aromatic rings. The van der Waals surface area contributed by atoms with Crippen molar-refractivity contribution in [3.05, 3.63) is 41.5 Å². The summed E-state index contributed by atoms with van der Waals surface area (Å²) in [7, 11) is 0. The molecule has 6 heteroatoms. The molecule has 21 heavy (non-hydrogen) atoms. The summed E-state index contributed by atoms with van der Waals surface area (Å²) in [5, 5.41) is 16.5. The van der Waals surface area contributed by atoms with Gasteiger partial charge < -0.3 is 19.7 Å². The fourth-order valence-corrected chi connectivity index (χ4v) is 1.98. The molecule has 0 fully saturated rings. The Kier molecular flexibility index (Phi) is 5.71. The third-order valence-electron chi connectivity index (χ3n) is 3.06. The maximum Gasteiger partial charge on any atom is 0.227 e. The molecule has 1 heterocycles. The van der Waals surface area contributed by atoms with Gasteiger partial charge in [-0.25, -0.2) is 0 Å². The van der Waals surface area contributed by atoms with Gasteiger partial charge in [-0.1, -0.05) is 22.9 Å². The SMILES string of the molecule is Cc1ccc(OCC(O)CNCCc2ncno2)c(C)c1. The van der Waals surface area contributed by atoms with Gasteiger partial charge in [0.25, 0.3) is 0 Å². The van der Waals surface area contributed by atoms with E-state index in [1.807, 2.05) is 26.0 Å². The summed E-state index contributed by atoms with van der Waals surface area (Å²) in [5.41, 5.74) is 2.27. The first-order chi connectivity index (χ1) is 10.1. The summed E-state index contributed by atoms with van der Waals surface area (Å²) < 4.78 is 10.5. The molecule has 0 saturated carbocycles. The summed E-state index contributed by atoms with van der Waals surface area (Å²) in [4.78, 5) is 3.92. The molecule has 0 amide bonds. The third-order valence-corrected chi connectivity index (χ3v) is 3.06. The van der Waals surface area contributed by atoms with E-state index < -0.39 is 6.10 Å². The molecular weight excluding hydrogens is 270 g/mol. The average molecular weight is 291 g/mol. The van der Waals surface area contributed by atoms with Gasteiger partial charge in [0.15, 0.2) is 6.33 Å². The molecule has 0 radical (unpaired) electrons. The van der Waals surface area contributed by atoms with E-state index in [-0.39, 0.29) is 6.61 Å². The molecule has 0 spiro atoms. The Bertz CT molecular complexity index is 543. The number of benzene rings is 1. The largest absolute Gasteiger partial charge is 0.491 e. The number of nitrogens with zero attached hydrogens (tertiary/aromatic N) is 2. The summed E-state index contributed by atoms with van der Waals surface area (Å²) in [6, 6.07) is 5.99. The molecule has 0 aliphatic heterocycles. The van der Waals surface area contributed by atoms with E-state index in [4.69, 9.17) is 9.26 Å². The van der Waals surface area contributed by atoms with E-state index in [1.54, 1.807) is 0 Å². The van der Waals surface area contributed by atoms with Gasteiger partial charge in [0, 0.05) is 19.5 Å². The van der Waals surface area contributed by atoms with Crippen molar-refractivity contribution in [3.8, 4) is 5.75 Å². The molecule has 1 unspecified atom stereocenters. The maximum absolute atomic E-state index is 9.87. The zero-order valence-electron chi connectivity index (χ0n) is 12.4. The highest BCUT2D eigenvalue weighted by molar-refractivity contribution is 5.35. The number of nitrogens with one attached hydrogen (secondary N) is 1. The van der Waals surface area contributed by atoms with Crippen LogP contribution in [0.3, 0.4) is 0 Å². The Labute approximate surface area is 124 Å². The molecular formula is C15H21N3O3. The van der Waals surface area contributed by atoms with Gasteiger partial charge in [0.2, 0.25) is 5.89 Å². The second kappa shape index (κ2) is 7.75. The van der Waals surface area contributed by atoms with Gasteiger partial charge in [-0.3, -0.25) is 0 Å². The first kappa shape index (κ1) is 15.5. The lowest BCUT2D eigenvalue weighted by atomic mass is 10.1. The van der Waals surface area contributed by atoms with E-state index in [0.717, 1.165) is 11.3 Å². The van der Waals surface area contributed by atoms with Crippen LogP contribution < -0.4 is 10.1 Å². The molecule has 0 bridgehead atoms. The minimum atomic E-state index is -0.562. The van der Waals surface area contributed by atoms with Gasteiger partial charge in [-0.05, 0) is 25.5 Å². The van der Waals surface area contributed by atoms with Crippen molar-refractivity contribution >= 4 is 0 Å². The Morgan fingerprint density at radius 2 is 2.24 bits per heavy atom. The average Bonchev–Trinajstić information content (AvgIpc) is 2.96. The maximum atomic E-state index is 9.87. The van der Waals surface area contributed by atoms with Crippen LogP contribution in [0, 0.1) is 13.8 Å². The zero-order valence-corrected chi connectivity index (χ0v) is 12.4. The highest BCUT2D eigenvalue weighted by atomic mass is 16.5. The van der Waals surface area contributed by atoms with Gasteiger partial charge in [0.1, 0.15) is 18.5 Å². The summed E-state index contributed by atoms with van der Waals surface area (Å²) in [6.45, 7) is 5.43. The van der Waals surface area contributed by atoms with E-state index in [1.165, 1.54) is 11.9 Å². The number of hydrogen-bond acceptors (Lipinski definition) is 6. The molecule has 0 saturated heterocycles. The van der Waals surface area contributed by atoms with Crippen molar-refractivity contribution in [2.24, 2.45) is 0 Å². The minimum Gasteiger partial charge on any atom is -0.491 e. The van der Waals surface area contributed by atoms with E-state index in [9.17, 15) is 5.11 Å². The second-order valence-electron chi connectivity index (χ2n) is 5.02. The second-order valence-corrected chi connectivity index (χ2v) is 5.02. The predicted molar refractivity (Wildman–Crippen MR) is 78.3 cm³/mol. The van der Waals surface area contributed by atoms with Crippen LogP contribution in [-0.4, -0.2) is 41.0 Å². The first-order valence-corrected chi connectivity index (χ1v) is 6.99. The molecule has 6 nitrogen and oxygen atoms in total. The van der Waals surface area contributed by atoms with Crippen molar-refractivity contribution in [3.63, 3.8) is 0 Å². The van der Waals surface area contributed by atoms with E-state index >= 15 is 0 Å². The van der Waals surface area contributed by atoms with Crippen LogP contribution in [0.4, 0.5) is 0 Å². The molecule has 1 aromatic heterocycles. The van der Waals surface area contributed by atoms with Gasteiger partial charge in [-0.15, -0.1) is 0 Å². The predicted octanol–water partition coefficient (Wildman–Crippen LogP) is 1.26. The minimum absolute atomic E-state index is 0.261. The lowest BCUT2D eigenvalue weighted by Crippen LogP contribution is -2.32. The van der Waals surface area contributed by atoms with Crippen LogP contribution >= 0.6 is 0 Å². The molecule has 0 aliphatic carbocycles. The first-order valence-electron chi connectivity index (χ1n) is 6.99. The zero-order chi connectivity index (χ0) is 15.1. The quantitative estimate of drug-likeness (QED) is 0.713. The standard InChI is InChI=1S/C15H21N3O3/c1-11-3-4-14(12(2)7-11)20-9-13(19)8-16-6-5-15-17-10-18-21-15/h3-4,7,10,13,16,19H,5-6,8-9H2,1-2H3. The number of hydrogen-bond donors (Lipinski definition) is 2. The molecule has 1 atom stereocenters. The molecule has 2 rings (SSSR count). The van der Waals surface area contributed by atoms with Gasteiger partial charge in [-0.2, -0.15) is 4.98 Å². The fourth-order valence-electron chi connectivity index (χ4n) is 1.98. The summed E-state index contributed by atoms with van der Waals surface area (Å²) in [6.07, 6.45) is 1.46. The van der Waals surface area contributed by atoms with E-state index in [0.29, 0.717) is 25.4 Å². The highest BCUT2D eigenvalue weighted by Crippen LogP contribution is 2.18. The summed E-state index contributed by atoms with van der Waals surface area (Å²) in [5.74, 6) is 1.40. The van der Waals surface area contributed by atoms with Crippen LogP contribution in [0.1, 0.15) is 17.0 Å². The number of aryl methyl sites for hydroxylation is 2. The number of ether oxygens (including phenoxy) is 1. The van der Waals surface area contributed by atoms with Crippen molar-refractivity contribution in [1.82, 2.24) is 15.5 Å². The normalized spacial score (nSPS) is 12.3. The Morgan fingerprint density at radius 1 is 1.38 bits per heavy atom. The monoisotopic (exact) mass is 291 g/mol. The number of aliphatic hydroxyl groups is 1. The van der Waals surface area contributed by atoms with Crippen LogP contribution in [0.15, 0.2) is 29.0 Å². The van der Waals surface area contributed by atoms with Crippen LogP contribution in [0.5, 0.6) is 5.75 Å². The van der Waals surface area contributed by atoms with Crippen molar-refractivity contribution < 1.29 is 14.4 Å². The van der Waals surface area contributed by atoms with Gasteiger partial charge in [0.05, 0.1) is 0 Å². The lowest BCUT2D eigenvalue weighted by molar-refractivity contribution is 0.106. The van der Waals surface area contributed by atoms with Crippen molar-refractivity contribution in [1.29, 1.82) is 0 Å². The molecule has 114 valence electrons. The smallest absolute Gasteiger partial charge is 0.227 e. The van der Waals surface area contributed by atoms with E-state index in [2.05, 4.69) is 21.5 Å². The fraction of sp³-hybridized carbons (Fsp3) is 0.467. The van der Waals surface area contributed by atoms with Crippen LogP contribution in [-0.2, 0) is 6.42 Å². The molecule has 2 N–H and O–H groups in total.